The van der Waals surface area contributed by atoms with Crippen LogP contribution in [0.4, 0.5) is 4.79 Å². The number of aliphatic carboxylic acids is 1. The normalized spacial score (nSPS) is 24.9. The van der Waals surface area contributed by atoms with Crippen molar-refractivity contribution in [2.24, 2.45) is 0 Å². The van der Waals surface area contributed by atoms with Crippen molar-refractivity contribution in [3.8, 4) is 0 Å². The smallest absolute Gasteiger partial charge is 0.408 e. The number of nitrogens with one attached hydrogen (secondary N) is 1. The molecule has 5 nitrogen and oxygen atoms in total. The number of carboxylic acids is 1. The van der Waals surface area contributed by atoms with Gasteiger partial charge in [0, 0.05) is 0 Å². The second-order valence-corrected chi connectivity index (χ2v) is 1.63. The molecule has 1 fully saturated rings. The fraction of sp³-hybridized carbons (Fsp3) is 0.500. The molecule has 0 saturated carbocycles. The molecule has 5 heteroatoms. The van der Waals surface area contributed by atoms with E-state index in [2.05, 4.69) is 10.1 Å². The van der Waals surface area contributed by atoms with Crippen LogP contribution in [0.15, 0.2) is 0 Å². The molecule has 2 N–H and O–H groups in total. The Hall–Kier alpha value is -1.26. The van der Waals surface area contributed by atoms with Crippen molar-refractivity contribution in [2.45, 2.75) is 6.04 Å². The SMILES string of the molecule is O=C1N[C@@H](C(=O)O)CO1. The molecule has 1 heterocycles. The van der Waals surface area contributed by atoms with E-state index in [9.17, 15) is 9.59 Å². The summed E-state index contributed by atoms with van der Waals surface area (Å²) in [4.78, 5) is 20.2. The molecular formula is C4H5NO4. The number of amides is 1. The molecule has 1 amide bonds. The van der Waals surface area contributed by atoms with E-state index in [0.717, 1.165) is 0 Å². The Morgan fingerprint density at radius 2 is 2.56 bits per heavy atom. The number of carboxylic acid groups (broad SMARTS) is 1. The molecule has 0 bridgehead atoms. The number of hydrogen-bond donors (Lipinski definition) is 2. The van der Waals surface area contributed by atoms with Gasteiger partial charge in [-0.1, -0.05) is 0 Å². The van der Waals surface area contributed by atoms with Crippen LogP contribution in [0.1, 0.15) is 0 Å². The molecule has 50 valence electrons. The number of rotatable bonds is 1. The minimum Gasteiger partial charge on any atom is -0.480 e. The highest BCUT2D eigenvalue weighted by Crippen LogP contribution is 1.95. The van der Waals surface area contributed by atoms with Crippen molar-refractivity contribution >= 4 is 12.1 Å². The Labute approximate surface area is 50.6 Å². The monoisotopic (exact) mass is 131 g/mol. The van der Waals surface area contributed by atoms with Gasteiger partial charge in [0.15, 0.2) is 6.04 Å². The summed E-state index contributed by atoms with van der Waals surface area (Å²) in [6.45, 7) is -0.0752. The molecule has 0 radical (unpaired) electrons. The van der Waals surface area contributed by atoms with Crippen LogP contribution in [0.2, 0.25) is 0 Å². The quantitative estimate of drug-likeness (QED) is 0.487. The molecule has 0 aromatic heterocycles. The highest BCUT2D eigenvalue weighted by molar-refractivity contribution is 5.82. The van der Waals surface area contributed by atoms with Gasteiger partial charge in [-0.15, -0.1) is 0 Å². The maximum atomic E-state index is 10.2. The van der Waals surface area contributed by atoms with E-state index < -0.39 is 18.1 Å². The first-order valence-electron chi connectivity index (χ1n) is 2.36. The molecule has 9 heavy (non-hydrogen) atoms. The van der Waals surface area contributed by atoms with Crippen LogP contribution in [-0.4, -0.2) is 29.8 Å². The Bertz CT molecular complexity index is 155. The summed E-state index contributed by atoms with van der Waals surface area (Å²) in [5.41, 5.74) is 0. The van der Waals surface area contributed by atoms with E-state index in [0.29, 0.717) is 0 Å². The van der Waals surface area contributed by atoms with Crippen LogP contribution < -0.4 is 5.32 Å². The van der Waals surface area contributed by atoms with Gasteiger partial charge in [0.25, 0.3) is 0 Å². The van der Waals surface area contributed by atoms with Gasteiger partial charge in [-0.25, -0.2) is 9.59 Å². The van der Waals surface area contributed by atoms with Gasteiger partial charge in [0.05, 0.1) is 0 Å². The maximum Gasteiger partial charge on any atom is 0.408 e. The van der Waals surface area contributed by atoms with Gasteiger partial charge in [-0.3, -0.25) is 0 Å². The third kappa shape index (κ3) is 1.10. The lowest BCUT2D eigenvalue weighted by molar-refractivity contribution is -0.139. The molecule has 1 rings (SSSR count). The van der Waals surface area contributed by atoms with E-state index in [1.807, 2.05) is 0 Å². The molecule has 0 unspecified atom stereocenters. The van der Waals surface area contributed by atoms with Crippen molar-refractivity contribution in [3.63, 3.8) is 0 Å². The van der Waals surface area contributed by atoms with Crippen LogP contribution in [-0.2, 0) is 9.53 Å². The van der Waals surface area contributed by atoms with Crippen LogP contribution in [0, 0.1) is 0 Å². The number of ether oxygens (including phenoxy) is 1. The van der Waals surface area contributed by atoms with Crippen molar-refractivity contribution < 1.29 is 19.4 Å². The maximum absolute atomic E-state index is 10.2. The van der Waals surface area contributed by atoms with Crippen molar-refractivity contribution in [1.29, 1.82) is 0 Å². The first kappa shape index (κ1) is 5.87. The van der Waals surface area contributed by atoms with Gasteiger partial charge in [0.1, 0.15) is 6.61 Å². The molecule has 1 atom stereocenters. The van der Waals surface area contributed by atoms with E-state index in [-0.39, 0.29) is 6.61 Å². The number of alkyl carbamates (subject to hydrolysis) is 1. The zero-order valence-electron chi connectivity index (χ0n) is 4.46. The van der Waals surface area contributed by atoms with Crippen LogP contribution >= 0.6 is 0 Å². The number of cyclic esters (lactones) is 1. The Balaban J connectivity index is 2.48. The third-order valence-electron chi connectivity index (χ3n) is 0.971. The first-order chi connectivity index (χ1) is 4.20. The average molecular weight is 131 g/mol. The minimum absolute atomic E-state index is 0.0752. The highest BCUT2D eigenvalue weighted by atomic mass is 16.6. The zero-order chi connectivity index (χ0) is 6.85. The number of carbonyl (C=O) groups excluding carboxylic acids is 1. The fourth-order valence-corrected chi connectivity index (χ4v) is 0.518. The summed E-state index contributed by atoms with van der Waals surface area (Å²) in [6.07, 6.45) is -0.664. The fourth-order valence-electron chi connectivity index (χ4n) is 0.518. The lowest BCUT2D eigenvalue weighted by Crippen LogP contribution is -2.33. The topological polar surface area (TPSA) is 75.6 Å². The third-order valence-corrected chi connectivity index (χ3v) is 0.971. The van der Waals surface area contributed by atoms with Gasteiger partial charge < -0.3 is 15.2 Å². The second-order valence-electron chi connectivity index (χ2n) is 1.63. The largest absolute Gasteiger partial charge is 0.480 e. The van der Waals surface area contributed by atoms with E-state index in [1.165, 1.54) is 0 Å². The predicted octanol–water partition coefficient (Wildman–Crippen LogP) is -0.821. The standard InChI is InChI=1S/C4H5NO4/c6-3(7)2-1-9-4(8)5-2/h2H,1H2,(H,5,8)(H,6,7)/t2-/m1/s1. The van der Waals surface area contributed by atoms with E-state index in [1.54, 1.807) is 0 Å². The second kappa shape index (κ2) is 1.93. The summed E-state index contributed by atoms with van der Waals surface area (Å²) in [7, 11) is 0. The predicted molar refractivity (Wildman–Crippen MR) is 25.9 cm³/mol. The lowest BCUT2D eigenvalue weighted by Gasteiger charge is -1.95. The molecule has 0 spiro atoms. The summed E-state index contributed by atoms with van der Waals surface area (Å²) >= 11 is 0. The minimum atomic E-state index is -1.07. The molecule has 1 saturated heterocycles. The Kier molecular flexibility index (Phi) is 1.26. The summed E-state index contributed by atoms with van der Waals surface area (Å²) in [5.74, 6) is -1.07. The van der Waals surface area contributed by atoms with Crippen LogP contribution in [0.5, 0.6) is 0 Å². The number of carbonyl (C=O) groups is 2. The molecule has 1 aliphatic heterocycles. The van der Waals surface area contributed by atoms with Crippen molar-refractivity contribution in [1.82, 2.24) is 5.32 Å². The van der Waals surface area contributed by atoms with Crippen molar-refractivity contribution in [3.05, 3.63) is 0 Å². The highest BCUT2D eigenvalue weighted by Gasteiger charge is 2.27. The molecule has 0 aliphatic carbocycles. The first-order valence-corrected chi connectivity index (χ1v) is 2.36. The Morgan fingerprint density at radius 3 is 2.78 bits per heavy atom. The van der Waals surface area contributed by atoms with Gasteiger partial charge in [-0.2, -0.15) is 0 Å². The van der Waals surface area contributed by atoms with Crippen LogP contribution in [0.25, 0.3) is 0 Å². The van der Waals surface area contributed by atoms with Gasteiger partial charge >= 0.3 is 12.1 Å². The molecule has 1 aliphatic rings. The summed E-state index contributed by atoms with van der Waals surface area (Å²) in [6, 6.07) is -0.863. The van der Waals surface area contributed by atoms with Gasteiger partial charge in [0.2, 0.25) is 0 Å². The average Bonchev–Trinajstić information content (AvgIpc) is 2.14. The van der Waals surface area contributed by atoms with E-state index in [4.69, 9.17) is 5.11 Å². The van der Waals surface area contributed by atoms with Gasteiger partial charge in [-0.05, 0) is 0 Å². The molecule has 0 aromatic rings. The lowest BCUT2D eigenvalue weighted by atomic mass is 10.3. The molecule has 0 aromatic carbocycles. The van der Waals surface area contributed by atoms with Crippen molar-refractivity contribution in [2.75, 3.05) is 6.61 Å². The summed E-state index contributed by atoms with van der Waals surface area (Å²) < 4.78 is 4.30. The summed E-state index contributed by atoms with van der Waals surface area (Å²) in [5, 5.41) is 10.3. The van der Waals surface area contributed by atoms with E-state index >= 15 is 0 Å². The zero-order valence-corrected chi connectivity index (χ0v) is 4.46. The Morgan fingerprint density at radius 1 is 1.89 bits per heavy atom. The molecular weight excluding hydrogens is 126 g/mol. The number of hydrogen-bond acceptors (Lipinski definition) is 3. The van der Waals surface area contributed by atoms with Crippen LogP contribution in [0.3, 0.4) is 0 Å².